The van der Waals surface area contributed by atoms with Gasteiger partial charge in [-0.15, -0.1) is 0 Å². The van der Waals surface area contributed by atoms with E-state index in [1.165, 1.54) is 0 Å². The number of ketones is 1. The van der Waals surface area contributed by atoms with Crippen molar-refractivity contribution in [3.8, 4) is 0 Å². The second-order valence-electron chi connectivity index (χ2n) is 13.8. The number of epoxide rings is 1. The van der Waals surface area contributed by atoms with Crippen molar-refractivity contribution in [2.45, 2.75) is 127 Å². The number of carbonyl (C=O) groups is 1. The van der Waals surface area contributed by atoms with E-state index in [1.807, 2.05) is 0 Å². The predicted octanol–water partition coefficient (Wildman–Crippen LogP) is 5.85. The van der Waals surface area contributed by atoms with Crippen LogP contribution in [0.2, 0.25) is 18.1 Å². The Labute approximate surface area is 225 Å². The number of fused-ring (bicyclic) bond motifs is 2. The molecule has 0 N–H and O–H groups in total. The van der Waals surface area contributed by atoms with E-state index in [1.54, 1.807) is 14.2 Å². The van der Waals surface area contributed by atoms with Crippen molar-refractivity contribution in [2.75, 3.05) is 34.4 Å². The van der Waals surface area contributed by atoms with Gasteiger partial charge < -0.3 is 28.1 Å². The highest BCUT2D eigenvalue weighted by atomic mass is 28.4. The minimum atomic E-state index is -1.96. The summed E-state index contributed by atoms with van der Waals surface area (Å²) >= 11 is 0. The summed E-state index contributed by atoms with van der Waals surface area (Å²) < 4.78 is 36.6. The van der Waals surface area contributed by atoms with Crippen LogP contribution in [-0.2, 0) is 32.9 Å². The molecule has 4 aliphatic rings. The topological polar surface area (TPSA) is 75.8 Å². The van der Waals surface area contributed by atoms with Gasteiger partial charge in [0, 0.05) is 26.6 Å². The van der Waals surface area contributed by atoms with E-state index in [0.29, 0.717) is 31.5 Å². The molecule has 8 heteroatoms. The fraction of sp³-hybridized carbons (Fsp3) is 0.966. The zero-order valence-electron chi connectivity index (χ0n) is 24.7. The van der Waals surface area contributed by atoms with Crippen molar-refractivity contribution < 1.29 is 32.9 Å². The van der Waals surface area contributed by atoms with E-state index in [0.717, 1.165) is 51.4 Å². The third-order valence-electron chi connectivity index (χ3n) is 10.9. The molecule has 0 aromatic carbocycles. The highest BCUT2D eigenvalue weighted by Gasteiger charge is 2.72. The SMILES string of the molecule is COCO[C@H]1CC[C@H]2[C@H](CC[C@@]3(OCOC)CCC[C@@H]4O[C@@]43CO[Si](C)(C)C(C)(C)C)C(=O)CC[C@]12C. The normalized spacial score (nSPS) is 39.9. The highest BCUT2D eigenvalue weighted by molar-refractivity contribution is 6.74. The van der Waals surface area contributed by atoms with Crippen molar-refractivity contribution in [1.82, 2.24) is 0 Å². The highest BCUT2D eigenvalue weighted by Crippen LogP contribution is 2.60. The summed E-state index contributed by atoms with van der Waals surface area (Å²) in [4.78, 5) is 13.3. The molecule has 4 rings (SSSR count). The summed E-state index contributed by atoms with van der Waals surface area (Å²) in [6.45, 7) is 14.8. The summed E-state index contributed by atoms with van der Waals surface area (Å²) in [7, 11) is 1.39. The first-order valence-electron chi connectivity index (χ1n) is 14.4. The number of Topliss-reactive ketones (excluding diaryl/α,β-unsaturated/α-hetero) is 1. The molecule has 1 aliphatic heterocycles. The maximum Gasteiger partial charge on any atom is 0.192 e. The molecule has 1 saturated heterocycles. The average molecular weight is 541 g/mol. The molecule has 0 aromatic heterocycles. The van der Waals surface area contributed by atoms with Gasteiger partial charge in [0.25, 0.3) is 0 Å². The van der Waals surface area contributed by atoms with Crippen LogP contribution in [0.1, 0.15) is 85.5 Å². The maximum atomic E-state index is 13.3. The summed E-state index contributed by atoms with van der Waals surface area (Å²) in [5, 5.41) is 0.127. The van der Waals surface area contributed by atoms with Crippen LogP contribution in [0.4, 0.5) is 0 Å². The van der Waals surface area contributed by atoms with Gasteiger partial charge >= 0.3 is 0 Å². The zero-order valence-corrected chi connectivity index (χ0v) is 25.7. The quantitative estimate of drug-likeness (QED) is 0.174. The number of methoxy groups -OCH3 is 2. The Morgan fingerprint density at radius 2 is 1.78 bits per heavy atom. The standard InChI is InChI=1S/C29H52O7Si/c1-26(2,3)37(7,8)35-18-29-25(36-29)10-9-15-28(29,34-20-32-6)17-13-21-22-11-12-24(33-19-31-5)27(22,4)16-14-23(21)30/h21-22,24-25H,9-20H2,1-8H3/t21-,22-,24-,25-,27-,28-,29-/m0/s1. The van der Waals surface area contributed by atoms with E-state index in [4.69, 9.17) is 28.1 Å². The molecule has 0 amide bonds. The van der Waals surface area contributed by atoms with Crippen LogP contribution in [0.25, 0.3) is 0 Å². The number of rotatable bonds is 12. The lowest BCUT2D eigenvalue weighted by atomic mass is 9.61. The molecule has 0 spiro atoms. The molecule has 7 nitrogen and oxygen atoms in total. The minimum absolute atomic E-state index is 0.0198. The van der Waals surface area contributed by atoms with Crippen molar-refractivity contribution in [3.63, 3.8) is 0 Å². The minimum Gasteiger partial charge on any atom is -0.414 e. The summed E-state index contributed by atoms with van der Waals surface area (Å²) in [5.74, 6) is 0.789. The molecule has 37 heavy (non-hydrogen) atoms. The monoisotopic (exact) mass is 540 g/mol. The molecule has 3 aliphatic carbocycles. The second-order valence-corrected chi connectivity index (χ2v) is 18.7. The summed E-state index contributed by atoms with van der Waals surface area (Å²) in [6, 6.07) is 0. The van der Waals surface area contributed by atoms with Crippen LogP contribution in [-0.4, -0.2) is 71.9 Å². The van der Waals surface area contributed by atoms with Gasteiger partial charge in [-0.05, 0) is 80.8 Å². The molecule has 4 fully saturated rings. The van der Waals surface area contributed by atoms with E-state index in [2.05, 4.69) is 40.8 Å². The van der Waals surface area contributed by atoms with E-state index >= 15 is 0 Å². The molecule has 3 saturated carbocycles. The van der Waals surface area contributed by atoms with Crippen molar-refractivity contribution in [1.29, 1.82) is 0 Å². The largest absolute Gasteiger partial charge is 0.414 e. The maximum absolute atomic E-state index is 13.3. The van der Waals surface area contributed by atoms with Crippen LogP contribution < -0.4 is 0 Å². The average Bonchev–Trinajstić information content (AvgIpc) is 3.49. The van der Waals surface area contributed by atoms with Gasteiger partial charge in [-0.25, -0.2) is 0 Å². The Morgan fingerprint density at radius 1 is 1.05 bits per heavy atom. The smallest absolute Gasteiger partial charge is 0.192 e. The van der Waals surface area contributed by atoms with E-state index in [-0.39, 0.29) is 35.4 Å². The number of hydrogen-bond donors (Lipinski definition) is 0. The lowest BCUT2D eigenvalue weighted by molar-refractivity contribution is -0.182. The Morgan fingerprint density at radius 3 is 2.46 bits per heavy atom. The first-order chi connectivity index (χ1) is 17.4. The second kappa shape index (κ2) is 10.9. The van der Waals surface area contributed by atoms with Gasteiger partial charge in [0.2, 0.25) is 0 Å². The van der Waals surface area contributed by atoms with Gasteiger partial charge in [0.1, 0.15) is 30.6 Å². The first-order valence-corrected chi connectivity index (χ1v) is 17.3. The van der Waals surface area contributed by atoms with Gasteiger partial charge in [0.05, 0.1) is 18.8 Å². The fourth-order valence-electron chi connectivity index (χ4n) is 7.45. The molecular weight excluding hydrogens is 488 g/mol. The van der Waals surface area contributed by atoms with Crippen LogP contribution in [0.5, 0.6) is 0 Å². The Bertz CT molecular complexity index is 813. The Hall–Kier alpha value is -0.353. The van der Waals surface area contributed by atoms with Gasteiger partial charge in [0.15, 0.2) is 8.32 Å². The molecule has 0 radical (unpaired) electrons. The predicted molar refractivity (Wildman–Crippen MR) is 145 cm³/mol. The van der Waals surface area contributed by atoms with Crippen molar-refractivity contribution >= 4 is 14.1 Å². The summed E-state index contributed by atoms with van der Waals surface area (Å²) in [6.07, 6.45) is 8.51. The number of ether oxygens (including phenoxy) is 5. The molecule has 1 heterocycles. The third-order valence-corrected chi connectivity index (χ3v) is 15.4. The molecular formula is C29H52O7Si. The molecule has 214 valence electrons. The van der Waals surface area contributed by atoms with E-state index in [9.17, 15) is 4.79 Å². The molecule has 7 atom stereocenters. The van der Waals surface area contributed by atoms with Crippen LogP contribution in [0.3, 0.4) is 0 Å². The lowest BCUT2D eigenvalue weighted by Gasteiger charge is -2.47. The van der Waals surface area contributed by atoms with E-state index < -0.39 is 19.5 Å². The third kappa shape index (κ3) is 5.38. The number of carbonyl (C=O) groups excluding carboxylic acids is 1. The lowest BCUT2D eigenvalue weighted by Crippen LogP contribution is -2.57. The van der Waals surface area contributed by atoms with Gasteiger partial charge in [-0.3, -0.25) is 4.79 Å². The summed E-state index contributed by atoms with van der Waals surface area (Å²) in [5.41, 5.74) is -0.918. The Kier molecular flexibility index (Phi) is 8.73. The fourth-order valence-corrected chi connectivity index (χ4v) is 8.46. The van der Waals surface area contributed by atoms with Gasteiger partial charge in [-0.1, -0.05) is 27.7 Å². The first kappa shape index (κ1) is 29.6. The zero-order chi connectivity index (χ0) is 27.1. The van der Waals surface area contributed by atoms with Crippen LogP contribution >= 0.6 is 0 Å². The number of hydrogen-bond acceptors (Lipinski definition) is 7. The molecule has 0 bridgehead atoms. The van der Waals surface area contributed by atoms with Crippen LogP contribution in [0, 0.1) is 17.3 Å². The van der Waals surface area contributed by atoms with Crippen molar-refractivity contribution in [3.05, 3.63) is 0 Å². The van der Waals surface area contributed by atoms with Crippen molar-refractivity contribution in [2.24, 2.45) is 17.3 Å². The Balaban J connectivity index is 1.53. The van der Waals surface area contributed by atoms with Crippen LogP contribution in [0.15, 0.2) is 0 Å². The van der Waals surface area contributed by atoms with Gasteiger partial charge in [-0.2, -0.15) is 0 Å². The molecule has 0 aromatic rings. The molecule has 0 unspecified atom stereocenters.